The maximum Gasteiger partial charge on any atom is 0.225 e. The van der Waals surface area contributed by atoms with Crippen LogP contribution in [-0.4, -0.2) is 45.1 Å². The van der Waals surface area contributed by atoms with Crippen LogP contribution in [0.5, 0.6) is 0 Å². The molecule has 1 saturated heterocycles. The minimum absolute atomic E-state index is 0.278. The Kier molecular flexibility index (Phi) is 4.66. The minimum atomic E-state index is 0.278. The van der Waals surface area contributed by atoms with Crippen LogP contribution < -0.4 is 5.32 Å². The lowest BCUT2D eigenvalue weighted by atomic mass is 9.84. The molecule has 3 heterocycles. The SMILES string of the molecule is CC(C)Nc1cc(-c2cn[nH]c2[C@H]2CCN(C(=O)C3CCC3)C2)ccn1. The maximum absolute atomic E-state index is 12.5. The highest BCUT2D eigenvalue weighted by molar-refractivity contribution is 5.80. The van der Waals surface area contributed by atoms with Crippen molar-refractivity contribution in [2.75, 3.05) is 18.4 Å². The number of pyridine rings is 1. The van der Waals surface area contributed by atoms with Crippen LogP contribution in [0.1, 0.15) is 51.1 Å². The lowest BCUT2D eigenvalue weighted by molar-refractivity contribution is -0.137. The highest BCUT2D eigenvalue weighted by Gasteiger charge is 2.35. The first-order chi connectivity index (χ1) is 12.6. The van der Waals surface area contributed by atoms with E-state index in [4.69, 9.17) is 0 Å². The van der Waals surface area contributed by atoms with Gasteiger partial charge in [0.05, 0.1) is 6.20 Å². The van der Waals surface area contributed by atoms with Crippen molar-refractivity contribution in [3.63, 3.8) is 0 Å². The van der Waals surface area contributed by atoms with Crippen LogP contribution in [0.15, 0.2) is 24.5 Å². The second kappa shape index (κ2) is 7.09. The van der Waals surface area contributed by atoms with Gasteiger partial charge in [0.2, 0.25) is 5.91 Å². The lowest BCUT2D eigenvalue weighted by Crippen LogP contribution is -2.37. The molecule has 4 rings (SSSR count). The second-order valence-electron chi connectivity index (χ2n) is 7.82. The fourth-order valence-corrected chi connectivity index (χ4v) is 3.92. The predicted octanol–water partition coefficient (Wildman–Crippen LogP) is 3.41. The summed E-state index contributed by atoms with van der Waals surface area (Å²) in [6.07, 6.45) is 8.05. The highest BCUT2D eigenvalue weighted by atomic mass is 16.2. The van der Waals surface area contributed by atoms with Crippen molar-refractivity contribution < 1.29 is 4.79 Å². The van der Waals surface area contributed by atoms with Crippen molar-refractivity contribution in [3.8, 4) is 11.1 Å². The molecule has 1 aliphatic carbocycles. The standard InChI is InChI=1S/C20H27N5O/c1-13(2)23-18-10-15(6-8-21-18)17-11-22-24-19(17)16-7-9-25(12-16)20(26)14-4-3-5-14/h6,8,10-11,13-14,16H,3-5,7,9,12H2,1-2H3,(H,21,23)(H,22,24)/t16-/m0/s1. The summed E-state index contributed by atoms with van der Waals surface area (Å²) in [5.74, 6) is 1.83. The Bertz CT molecular complexity index is 780. The summed E-state index contributed by atoms with van der Waals surface area (Å²) >= 11 is 0. The quantitative estimate of drug-likeness (QED) is 0.864. The zero-order chi connectivity index (χ0) is 18.1. The number of aromatic nitrogens is 3. The topological polar surface area (TPSA) is 73.9 Å². The van der Waals surface area contributed by atoms with Gasteiger partial charge in [-0.25, -0.2) is 4.98 Å². The van der Waals surface area contributed by atoms with E-state index in [0.717, 1.165) is 55.0 Å². The van der Waals surface area contributed by atoms with E-state index in [0.29, 0.717) is 17.9 Å². The Morgan fingerprint density at radius 3 is 2.92 bits per heavy atom. The molecule has 2 N–H and O–H groups in total. The smallest absolute Gasteiger partial charge is 0.225 e. The number of nitrogens with zero attached hydrogens (tertiary/aromatic N) is 3. The third-order valence-corrected chi connectivity index (χ3v) is 5.54. The van der Waals surface area contributed by atoms with Crippen molar-refractivity contribution >= 4 is 11.7 Å². The van der Waals surface area contributed by atoms with Gasteiger partial charge in [-0.15, -0.1) is 0 Å². The third-order valence-electron chi connectivity index (χ3n) is 5.54. The van der Waals surface area contributed by atoms with Gasteiger partial charge in [-0.1, -0.05) is 6.42 Å². The molecule has 1 aliphatic heterocycles. The summed E-state index contributed by atoms with van der Waals surface area (Å²) in [5, 5.41) is 10.8. The zero-order valence-corrected chi connectivity index (χ0v) is 15.5. The molecule has 2 aromatic rings. The van der Waals surface area contributed by atoms with E-state index in [1.54, 1.807) is 0 Å². The summed E-state index contributed by atoms with van der Waals surface area (Å²) in [6.45, 7) is 5.86. The summed E-state index contributed by atoms with van der Waals surface area (Å²) in [5.41, 5.74) is 3.36. The fraction of sp³-hybridized carbons (Fsp3) is 0.550. The van der Waals surface area contributed by atoms with Crippen LogP contribution in [0.25, 0.3) is 11.1 Å². The van der Waals surface area contributed by atoms with Crippen LogP contribution in [0, 0.1) is 5.92 Å². The van der Waals surface area contributed by atoms with Gasteiger partial charge in [0.25, 0.3) is 0 Å². The second-order valence-corrected chi connectivity index (χ2v) is 7.82. The van der Waals surface area contributed by atoms with Crippen molar-refractivity contribution in [2.45, 2.75) is 51.5 Å². The monoisotopic (exact) mass is 353 g/mol. The number of rotatable bonds is 5. The fourth-order valence-electron chi connectivity index (χ4n) is 3.92. The van der Waals surface area contributed by atoms with E-state index < -0.39 is 0 Å². The Morgan fingerprint density at radius 2 is 2.19 bits per heavy atom. The largest absolute Gasteiger partial charge is 0.368 e. The summed E-state index contributed by atoms with van der Waals surface area (Å²) in [6, 6.07) is 4.43. The number of likely N-dealkylation sites (tertiary alicyclic amines) is 1. The predicted molar refractivity (Wildman–Crippen MR) is 102 cm³/mol. The molecule has 2 aliphatic rings. The summed E-state index contributed by atoms with van der Waals surface area (Å²) in [4.78, 5) is 19.0. The summed E-state index contributed by atoms with van der Waals surface area (Å²) < 4.78 is 0. The molecule has 0 spiro atoms. The Morgan fingerprint density at radius 1 is 1.35 bits per heavy atom. The van der Waals surface area contributed by atoms with Gasteiger partial charge in [-0.3, -0.25) is 9.89 Å². The molecule has 1 atom stereocenters. The van der Waals surface area contributed by atoms with Gasteiger partial charge in [0, 0.05) is 48.4 Å². The van der Waals surface area contributed by atoms with E-state index in [1.165, 1.54) is 6.42 Å². The molecule has 2 aromatic heterocycles. The van der Waals surface area contributed by atoms with Crippen molar-refractivity contribution in [1.82, 2.24) is 20.1 Å². The van der Waals surface area contributed by atoms with E-state index in [2.05, 4.69) is 45.3 Å². The van der Waals surface area contributed by atoms with Gasteiger partial charge in [-0.2, -0.15) is 5.10 Å². The molecular weight excluding hydrogens is 326 g/mol. The normalized spacial score (nSPS) is 20.4. The van der Waals surface area contributed by atoms with E-state index in [-0.39, 0.29) is 5.92 Å². The van der Waals surface area contributed by atoms with Gasteiger partial charge < -0.3 is 10.2 Å². The molecule has 6 heteroatoms. The number of hydrogen-bond acceptors (Lipinski definition) is 4. The molecule has 138 valence electrons. The number of hydrogen-bond donors (Lipinski definition) is 2. The average molecular weight is 353 g/mol. The molecule has 0 unspecified atom stereocenters. The van der Waals surface area contributed by atoms with Crippen LogP contribution in [0.2, 0.25) is 0 Å². The molecule has 2 fully saturated rings. The van der Waals surface area contributed by atoms with Gasteiger partial charge in [-0.05, 0) is 50.8 Å². The van der Waals surface area contributed by atoms with E-state index in [1.807, 2.05) is 18.5 Å². The number of carbonyl (C=O) groups excluding carboxylic acids is 1. The first-order valence-corrected chi connectivity index (χ1v) is 9.67. The molecule has 26 heavy (non-hydrogen) atoms. The number of amides is 1. The Labute approximate surface area is 154 Å². The molecule has 6 nitrogen and oxygen atoms in total. The Balaban J connectivity index is 1.51. The molecular formula is C20H27N5O. The molecule has 1 amide bonds. The zero-order valence-electron chi connectivity index (χ0n) is 15.5. The highest BCUT2D eigenvalue weighted by Crippen LogP contribution is 2.36. The summed E-state index contributed by atoms with van der Waals surface area (Å²) in [7, 11) is 0. The molecule has 0 radical (unpaired) electrons. The Hall–Kier alpha value is -2.37. The minimum Gasteiger partial charge on any atom is -0.368 e. The van der Waals surface area contributed by atoms with E-state index in [9.17, 15) is 4.79 Å². The number of carbonyl (C=O) groups is 1. The molecule has 0 bridgehead atoms. The number of nitrogens with one attached hydrogen (secondary N) is 2. The van der Waals surface area contributed by atoms with Crippen molar-refractivity contribution in [1.29, 1.82) is 0 Å². The number of anilines is 1. The van der Waals surface area contributed by atoms with Crippen LogP contribution in [-0.2, 0) is 4.79 Å². The molecule has 0 aromatic carbocycles. The maximum atomic E-state index is 12.5. The van der Waals surface area contributed by atoms with E-state index >= 15 is 0 Å². The van der Waals surface area contributed by atoms with Gasteiger partial charge >= 0.3 is 0 Å². The van der Waals surface area contributed by atoms with Gasteiger partial charge in [0.15, 0.2) is 0 Å². The first kappa shape index (κ1) is 17.1. The van der Waals surface area contributed by atoms with Crippen molar-refractivity contribution in [2.24, 2.45) is 5.92 Å². The average Bonchev–Trinajstić information content (AvgIpc) is 3.22. The van der Waals surface area contributed by atoms with Crippen LogP contribution in [0.4, 0.5) is 5.82 Å². The lowest BCUT2D eigenvalue weighted by Gasteiger charge is -2.29. The number of aromatic amines is 1. The van der Waals surface area contributed by atoms with Crippen LogP contribution >= 0.6 is 0 Å². The molecule has 1 saturated carbocycles. The van der Waals surface area contributed by atoms with Gasteiger partial charge in [0.1, 0.15) is 5.82 Å². The van der Waals surface area contributed by atoms with Crippen LogP contribution in [0.3, 0.4) is 0 Å². The third kappa shape index (κ3) is 3.32. The van der Waals surface area contributed by atoms with Crippen molar-refractivity contribution in [3.05, 3.63) is 30.2 Å². The number of H-pyrrole nitrogens is 1. The first-order valence-electron chi connectivity index (χ1n) is 9.67.